The number of nitrogens with zero attached hydrogens (tertiary/aromatic N) is 1. The van der Waals surface area contributed by atoms with Gasteiger partial charge >= 0.3 is 19.4 Å². The smallest absolute Gasteiger partial charge is 0.459 e. The predicted octanol–water partition coefficient (Wildman–Crippen LogP) is 1.22. The van der Waals surface area contributed by atoms with Crippen LogP contribution in [-0.2, 0) is 23.4 Å². The average molecular weight is 547 g/mol. The second-order valence-corrected chi connectivity index (χ2v) is 9.94. The van der Waals surface area contributed by atoms with E-state index in [-0.39, 0.29) is 5.75 Å². The maximum absolute atomic E-state index is 15.8. The van der Waals surface area contributed by atoms with E-state index in [9.17, 15) is 29.2 Å². The van der Waals surface area contributed by atoms with Gasteiger partial charge in [-0.05, 0) is 39.8 Å². The minimum absolute atomic E-state index is 0.0539. The molecule has 5 atom stereocenters. The number of alkyl halides is 1. The Labute approximate surface area is 211 Å². The minimum atomic E-state index is -4.53. The van der Waals surface area contributed by atoms with E-state index in [2.05, 4.69) is 5.09 Å². The quantitative estimate of drug-likeness (QED) is 0.197. The van der Waals surface area contributed by atoms with Crippen LogP contribution in [0.5, 0.6) is 5.75 Å². The Hall–Kier alpha value is -2.87. The van der Waals surface area contributed by atoms with E-state index >= 15 is 4.39 Å². The standard InChI is InChI=1S/C22H31FN3O10P/c1-14(2)34-20(30)15(3)25-37(32,36-17-8-6-5-7-9-17)33-13-22(23,16(4)28)35-19(12-27)26-11-10-18(29)24-21(26)31/h5-11,14-16,19,27-28H,12-13H2,1-4H3,(H,25,32)(H,24,29,31)/t15?,16-,19?,22+,37-/m0/s1. The molecule has 0 aliphatic heterocycles. The summed E-state index contributed by atoms with van der Waals surface area (Å²) in [5.74, 6) is -3.88. The van der Waals surface area contributed by atoms with Crippen molar-refractivity contribution in [1.29, 1.82) is 0 Å². The Balaban J connectivity index is 2.31. The largest absolute Gasteiger partial charge is 0.462 e. The number of H-pyrrole nitrogens is 1. The predicted molar refractivity (Wildman–Crippen MR) is 129 cm³/mol. The molecule has 0 amide bonds. The molecule has 37 heavy (non-hydrogen) atoms. The Kier molecular flexibility index (Phi) is 10.7. The highest BCUT2D eigenvalue weighted by Gasteiger charge is 2.44. The van der Waals surface area contributed by atoms with Gasteiger partial charge in [-0.2, -0.15) is 5.09 Å². The summed E-state index contributed by atoms with van der Waals surface area (Å²) < 4.78 is 50.9. The molecule has 0 saturated heterocycles. The summed E-state index contributed by atoms with van der Waals surface area (Å²) in [5, 5.41) is 22.1. The van der Waals surface area contributed by atoms with Gasteiger partial charge in [-0.3, -0.25) is 23.7 Å². The summed E-state index contributed by atoms with van der Waals surface area (Å²) in [4.78, 5) is 37.5. The molecule has 206 valence electrons. The number of carbonyl (C=O) groups excluding carboxylic acids is 1. The highest BCUT2D eigenvalue weighted by molar-refractivity contribution is 7.52. The molecule has 2 aromatic rings. The Bertz CT molecular complexity index is 1190. The molecule has 0 radical (unpaired) electrons. The van der Waals surface area contributed by atoms with E-state index in [1.165, 1.54) is 19.1 Å². The van der Waals surface area contributed by atoms with Crippen LogP contribution in [0.4, 0.5) is 4.39 Å². The molecule has 1 aromatic heterocycles. The van der Waals surface area contributed by atoms with Crippen molar-refractivity contribution in [3.8, 4) is 5.75 Å². The van der Waals surface area contributed by atoms with E-state index in [0.717, 1.165) is 19.2 Å². The number of aliphatic hydroxyl groups excluding tert-OH is 2. The highest BCUT2D eigenvalue weighted by atomic mass is 31.2. The monoisotopic (exact) mass is 547 g/mol. The number of aliphatic hydroxyl groups is 2. The van der Waals surface area contributed by atoms with Gasteiger partial charge in [-0.15, -0.1) is 0 Å². The zero-order valence-electron chi connectivity index (χ0n) is 20.7. The molecule has 0 bridgehead atoms. The van der Waals surface area contributed by atoms with Crippen LogP contribution in [0.25, 0.3) is 0 Å². The lowest BCUT2D eigenvalue weighted by Crippen LogP contribution is -2.48. The van der Waals surface area contributed by atoms with Gasteiger partial charge in [0.1, 0.15) is 24.5 Å². The number of hydrogen-bond donors (Lipinski definition) is 4. The maximum Gasteiger partial charge on any atom is 0.459 e. The number of ether oxygens (including phenoxy) is 2. The molecule has 1 heterocycles. The van der Waals surface area contributed by atoms with Crippen LogP contribution < -0.4 is 20.9 Å². The zero-order valence-corrected chi connectivity index (χ0v) is 21.6. The molecule has 4 N–H and O–H groups in total. The van der Waals surface area contributed by atoms with Crippen molar-refractivity contribution in [2.24, 2.45) is 0 Å². The summed E-state index contributed by atoms with van der Waals surface area (Å²) >= 11 is 0. The van der Waals surface area contributed by atoms with Gasteiger partial charge < -0.3 is 24.2 Å². The number of esters is 1. The lowest BCUT2D eigenvalue weighted by atomic mass is 10.2. The number of para-hydroxylation sites is 1. The van der Waals surface area contributed by atoms with Crippen LogP contribution in [0, 0.1) is 0 Å². The van der Waals surface area contributed by atoms with Gasteiger partial charge in [-0.1, -0.05) is 18.2 Å². The minimum Gasteiger partial charge on any atom is -0.462 e. The number of hydrogen-bond acceptors (Lipinski definition) is 10. The number of nitrogens with one attached hydrogen (secondary N) is 2. The summed E-state index contributed by atoms with van der Waals surface area (Å²) in [7, 11) is -4.53. The average Bonchev–Trinajstić information content (AvgIpc) is 2.81. The van der Waals surface area contributed by atoms with Crippen molar-refractivity contribution in [1.82, 2.24) is 14.6 Å². The lowest BCUT2D eigenvalue weighted by molar-refractivity contribution is -0.264. The number of aromatic nitrogens is 2. The van der Waals surface area contributed by atoms with Crippen LogP contribution >= 0.6 is 7.75 Å². The van der Waals surface area contributed by atoms with Gasteiger partial charge in [-0.25, -0.2) is 13.8 Å². The van der Waals surface area contributed by atoms with Gasteiger partial charge in [0.05, 0.1) is 12.7 Å². The van der Waals surface area contributed by atoms with Crippen molar-refractivity contribution in [3.05, 3.63) is 63.4 Å². The lowest BCUT2D eigenvalue weighted by Gasteiger charge is -2.33. The summed E-state index contributed by atoms with van der Waals surface area (Å²) in [6, 6.07) is 7.40. The number of halogens is 1. The van der Waals surface area contributed by atoms with Crippen molar-refractivity contribution in [3.63, 3.8) is 0 Å². The van der Waals surface area contributed by atoms with E-state index in [1.807, 2.05) is 4.98 Å². The second-order valence-electron chi connectivity index (χ2n) is 8.25. The first kappa shape index (κ1) is 30.4. The Morgan fingerprint density at radius 3 is 2.38 bits per heavy atom. The van der Waals surface area contributed by atoms with Crippen molar-refractivity contribution in [2.45, 2.75) is 58.0 Å². The van der Waals surface area contributed by atoms with E-state index < -0.39 is 68.5 Å². The molecule has 2 unspecified atom stereocenters. The van der Waals surface area contributed by atoms with Gasteiger partial charge in [0.2, 0.25) is 0 Å². The van der Waals surface area contributed by atoms with Gasteiger partial charge in [0.15, 0.2) is 6.23 Å². The Morgan fingerprint density at radius 1 is 1.19 bits per heavy atom. The molecule has 0 spiro atoms. The highest BCUT2D eigenvalue weighted by Crippen LogP contribution is 2.46. The first-order chi connectivity index (χ1) is 17.3. The molecule has 0 fully saturated rings. The SMILES string of the molecule is CC(C)OC(=O)C(C)N[P@](=O)(OC[C@@](F)(OC(CO)n1ccc(=O)[nH]c1=O)[C@H](C)O)Oc1ccccc1. The summed E-state index contributed by atoms with van der Waals surface area (Å²) in [6.45, 7) is 3.37. The zero-order chi connectivity index (χ0) is 27.8. The summed E-state index contributed by atoms with van der Waals surface area (Å²) in [6.07, 6.45) is -3.16. The fourth-order valence-electron chi connectivity index (χ4n) is 2.82. The van der Waals surface area contributed by atoms with Crippen LogP contribution in [-0.4, -0.2) is 63.1 Å². The fourth-order valence-corrected chi connectivity index (χ4v) is 4.33. The number of carbonyl (C=O) groups is 1. The Morgan fingerprint density at radius 2 is 1.84 bits per heavy atom. The number of aromatic amines is 1. The first-order valence-corrected chi connectivity index (χ1v) is 12.8. The molecule has 0 saturated carbocycles. The van der Waals surface area contributed by atoms with Crippen LogP contribution in [0.2, 0.25) is 0 Å². The van der Waals surface area contributed by atoms with Crippen LogP contribution in [0.1, 0.15) is 33.9 Å². The van der Waals surface area contributed by atoms with Crippen LogP contribution in [0.15, 0.2) is 52.2 Å². The fraction of sp³-hybridized carbons (Fsp3) is 0.500. The second kappa shape index (κ2) is 13.1. The normalized spacial score (nSPS) is 17.3. The summed E-state index contributed by atoms with van der Waals surface area (Å²) in [5.41, 5.74) is -1.75. The molecular weight excluding hydrogens is 516 g/mol. The van der Waals surface area contributed by atoms with Gasteiger partial charge in [0, 0.05) is 12.3 Å². The van der Waals surface area contributed by atoms with E-state index in [4.69, 9.17) is 18.5 Å². The molecule has 0 aliphatic rings. The van der Waals surface area contributed by atoms with Crippen molar-refractivity contribution < 1.29 is 42.5 Å². The molecule has 15 heteroatoms. The van der Waals surface area contributed by atoms with E-state index in [1.54, 1.807) is 32.0 Å². The first-order valence-electron chi connectivity index (χ1n) is 11.2. The number of rotatable bonds is 14. The molecule has 0 aliphatic carbocycles. The maximum atomic E-state index is 15.8. The van der Waals surface area contributed by atoms with Crippen LogP contribution in [0.3, 0.4) is 0 Å². The topological polar surface area (TPSA) is 178 Å². The third-order valence-electron chi connectivity index (χ3n) is 4.73. The van der Waals surface area contributed by atoms with Crippen molar-refractivity contribution >= 4 is 13.7 Å². The van der Waals surface area contributed by atoms with E-state index in [0.29, 0.717) is 4.57 Å². The van der Waals surface area contributed by atoms with Crippen molar-refractivity contribution in [2.75, 3.05) is 13.2 Å². The molecular formula is C22H31FN3O10P. The third-order valence-corrected chi connectivity index (χ3v) is 6.35. The molecule has 1 aromatic carbocycles. The third kappa shape index (κ3) is 8.88. The number of benzene rings is 1. The molecule has 2 rings (SSSR count). The van der Waals surface area contributed by atoms with Gasteiger partial charge in [0.25, 0.3) is 11.4 Å². The molecule has 13 nitrogen and oxygen atoms in total.